The first kappa shape index (κ1) is 17.0. The fourth-order valence-electron chi connectivity index (χ4n) is 3.20. The van der Waals surface area contributed by atoms with Crippen LogP contribution in [0.5, 0.6) is 0 Å². The number of aromatic nitrogens is 2. The lowest BCUT2D eigenvalue weighted by atomic mass is 9.90. The number of aliphatic carboxylic acids is 1. The standard InChI is InChI=1S/C19H18N4O4/c1-19(17(24)25)6-8-23(11-19)18(26)21-16-10-15(27-22-16)13-4-5-14-12(9-13)3-2-7-20-14/h2-5,7,9-10H,6,8,11H2,1H3,(H,24,25)(H,21,22,26). The Morgan fingerprint density at radius 3 is 2.93 bits per heavy atom. The molecule has 1 saturated heterocycles. The summed E-state index contributed by atoms with van der Waals surface area (Å²) in [6.45, 7) is 2.19. The molecule has 2 amide bonds. The van der Waals surface area contributed by atoms with Gasteiger partial charge in [0.2, 0.25) is 0 Å². The maximum Gasteiger partial charge on any atom is 0.323 e. The largest absolute Gasteiger partial charge is 0.481 e. The van der Waals surface area contributed by atoms with Crippen molar-refractivity contribution in [2.45, 2.75) is 13.3 Å². The van der Waals surface area contributed by atoms with Crippen LogP contribution in [0.15, 0.2) is 47.1 Å². The topological polar surface area (TPSA) is 109 Å². The Labute approximate surface area is 154 Å². The number of hydrogen-bond acceptors (Lipinski definition) is 5. The van der Waals surface area contributed by atoms with E-state index in [-0.39, 0.29) is 18.4 Å². The number of likely N-dealkylation sites (tertiary alicyclic amines) is 1. The lowest BCUT2D eigenvalue weighted by Crippen LogP contribution is -2.37. The molecule has 0 saturated carbocycles. The molecule has 1 unspecified atom stereocenters. The SMILES string of the molecule is CC1(C(=O)O)CCN(C(=O)Nc2cc(-c3ccc4ncccc4c3)on2)C1. The van der Waals surface area contributed by atoms with Gasteiger partial charge in [-0.1, -0.05) is 11.2 Å². The number of hydrogen-bond donors (Lipinski definition) is 2. The highest BCUT2D eigenvalue weighted by Gasteiger charge is 2.42. The number of nitrogens with one attached hydrogen (secondary N) is 1. The molecule has 138 valence electrons. The molecule has 1 aromatic carbocycles. The molecule has 27 heavy (non-hydrogen) atoms. The molecule has 3 heterocycles. The predicted molar refractivity (Wildman–Crippen MR) is 98.2 cm³/mol. The van der Waals surface area contributed by atoms with E-state index >= 15 is 0 Å². The van der Waals surface area contributed by atoms with Crippen LogP contribution in [0.1, 0.15) is 13.3 Å². The number of benzene rings is 1. The van der Waals surface area contributed by atoms with Gasteiger partial charge in [-0.25, -0.2) is 4.79 Å². The van der Waals surface area contributed by atoms with Crippen molar-refractivity contribution in [3.63, 3.8) is 0 Å². The minimum absolute atomic E-state index is 0.163. The van der Waals surface area contributed by atoms with Gasteiger partial charge in [-0.3, -0.25) is 15.1 Å². The lowest BCUT2D eigenvalue weighted by Gasteiger charge is -2.19. The van der Waals surface area contributed by atoms with E-state index in [1.165, 1.54) is 4.90 Å². The quantitative estimate of drug-likeness (QED) is 0.737. The van der Waals surface area contributed by atoms with Gasteiger partial charge in [-0.05, 0) is 37.6 Å². The van der Waals surface area contributed by atoms with E-state index in [1.54, 1.807) is 19.2 Å². The number of carbonyl (C=O) groups is 2. The number of pyridine rings is 1. The van der Waals surface area contributed by atoms with Gasteiger partial charge in [0.1, 0.15) is 0 Å². The van der Waals surface area contributed by atoms with Crippen LogP contribution >= 0.6 is 0 Å². The average Bonchev–Trinajstić information content (AvgIpc) is 3.29. The molecule has 1 atom stereocenters. The summed E-state index contributed by atoms with van der Waals surface area (Å²) in [5.41, 5.74) is 0.791. The Hall–Kier alpha value is -3.42. The zero-order valence-corrected chi connectivity index (χ0v) is 14.7. The molecule has 2 N–H and O–H groups in total. The van der Waals surface area contributed by atoms with Gasteiger partial charge in [0, 0.05) is 36.3 Å². The van der Waals surface area contributed by atoms with E-state index in [2.05, 4.69) is 15.5 Å². The number of anilines is 1. The molecule has 4 rings (SSSR count). The van der Waals surface area contributed by atoms with Crippen molar-refractivity contribution in [3.8, 4) is 11.3 Å². The molecule has 0 radical (unpaired) electrons. The van der Waals surface area contributed by atoms with Gasteiger partial charge >= 0.3 is 12.0 Å². The molecule has 1 aliphatic rings. The van der Waals surface area contributed by atoms with Crippen LogP contribution in [-0.2, 0) is 4.79 Å². The van der Waals surface area contributed by atoms with Crippen LogP contribution in [0.2, 0.25) is 0 Å². The Morgan fingerprint density at radius 1 is 1.30 bits per heavy atom. The highest BCUT2D eigenvalue weighted by molar-refractivity contribution is 5.90. The molecule has 1 fully saturated rings. The molecule has 2 aromatic heterocycles. The maximum atomic E-state index is 12.4. The Bertz CT molecular complexity index is 1030. The summed E-state index contributed by atoms with van der Waals surface area (Å²) >= 11 is 0. The third-order valence-corrected chi connectivity index (χ3v) is 4.91. The summed E-state index contributed by atoms with van der Waals surface area (Å²) in [5, 5.41) is 16.8. The van der Waals surface area contributed by atoms with Gasteiger partial charge in [0.25, 0.3) is 0 Å². The number of urea groups is 1. The molecular formula is C19H18N4O4. The van der Waals surface area contributed by atoms with Crippen molar-refractivity contribution in [1.29, 1.82) is 0 Å². The maximum absolute atomic E-state index is 12.4. The Kier molecular flexibility index (Phi) is 4.02. The molecule has 0 spiro atoms. The van der Waals surface area contributed by atoms with Gasteiger partial charge in [-0.15, -0.1) is 0 Å². The van der Waals surface area contributed by atoms with Crippen LogP contribution in [0, 0.1) is 5.41 Å². The van der Waals surface area contributed by atoms with E-state index in [0.29, 0.717) is 18.7 Å². The first-order valence-corrected chi connectivity index (χ1v) is 8.56. The molecule has 0 aliphatic carbocycles. The number of carboxylic acid groups (broad SMARTS) is 1. The van der Waals surface area contributed by atoms with Gasteiger partial charge in [-0.2, -0.15) is 0 Å². The normalized spacial score (nSPS) is 19.4. The summed E-state index contributed by atoms with van der Waals surface area (Å²) in [7, 11) is 0. The van der Waals surface area contributed by atoms with E-state index in [0.717, 1.165) is 16.5 Å². The zero-order chi connectivity index (χ0) is 19.0. The highest BCUT2D eigenvalue weighted by atomic mass is 16.5. The molecule has 3 aromatic rings. The average molecular weight is 366 g/mol. The van der Waals surface area contributed by atoms with Crippen LogP contribution in [-0.4, -0.2) is 45.2 Å². The van der Waals surface area contributed by atoms with Crippen molar-refractivity contribution >= 4 is 28.7 Å². The molecule has 8 nitrogen and oxygen atoms in total. The Morgan fingerprint density at radius 2 is 2.15 bits per heavy atom. The second-order valence-electron chi connectivity index (χ2n) is 6.95. The first-order chi connectivity index (χ1) is 12.9. The third-order valence-electron chi connectivity index (χ3n) is 4.91. The molecular weight excluding hydrogens is 348 g/mol. The number of fused-ring (bicyclic) bond motifs is 1. The third kappa shape index (κ3) is 3.21. The van der Waals surface area contributed by atoms with Crippen LogP contribution in [0.25, 0.3) is 22.2 Å². The summed E-state index contributed by atoms with van der Waals surface area (Å²) in [5.74, 6) is -0.0922. The minimum atomic E-state index is -0.911. The van der Waals surface area contributed by atoms with Crippen LogP contribution in [0.4, 0.5) is 10.6 Å². The van der Waals surface area contributed by atoms with Crippen molar-refractivity contribution in [1.82, 2.24) is 15.0 Å². The van der Waals surface area contributed by atoms with E-state index < -0.39 is 11.4 Å². The van der Waals surface area contributed by atoms with Crippen LogP contribution in [0.3, 0.4) is 0 Å². The summed E-state index contributed by atoms with van der Waals surface area (Å²) in [4.78, 5) is 29.4. The van der Waals surface area contributed by atoms with Gasteiger partial charge < -0.3 is 14.5 Å². The molecule has 1 aliphatic heterocycles. The fraction of sp³-hybridized carbons (Fsp3) is 0.263. The predicted octanol–water partition coefficient (Wildman–Crippen LogP) is 3.22. The first-order valence-electron chi connectivity index (χ1n) is 8.56. The van der Waals surface area contributed by atoms with Gasteiger partial charge in [0.15, 0.2) is 11.6 Å². The number of carboxylic acids is 1. The number of carbonyl (C=O) groups excluding carboxylic acids is 1. The van der Waals surface area contributed by atoms with Crippen molar-refractivity contribution in [2.24, 2.45) is 5.41 Å². The summed E-state index contributed by atoms with van der Waals surface area (Å²) < 4.78 is 5.34. The Balaban J connectivity index is 1.48. The number of nitrogens with zero attached hydrogens (tertiary/aromatic N) is 3. The second-order valence-corrected chi connectivity index (χ2v) is 6.95. The van der Waals surface area contributed by atoms with Crippen molar-refractivity contribution in [3.05, 3.63) is 42.6 Å². The highest BCUT2D eigenvalue weighted by Crippen LogP contribution is 2.31. The van der Waals surface area contributed by atoms with E-state index in [9.17, 15) is 14.7 Å². The lowest BCUT2D eigenvalue weighted by molar-refractivity contribution is -0.146. The van der Waals surface area contributed by atoms with Crippen LogP contribution < -0.4 is 5.32 Å². The van der Waals surface area contributed by atoms with E-state index in [4.69, 9.17) is 4.52 Å². The summed E-state index contributed by atoms with van der Waals surface area (Å²) in [6.07, 6.45) is 2.16. The van der Waals surface area contributed by atoms with Crippen molar-refractivity contribution in [2.75, 3.05) is 18.4 Å². The molecule has 8 heteroatoms. The number of rotatable bonds is 3. The zero-order valence-electron chi connectivity index (χ0n) is 14.7. The minimum Gasteiger partial charge on any atom is -0.481 e. The van der Waals surface area contributed by atoms with E-state index in [1.807, 2.05) is 30.3 Å². The summed E-state index contributed by atoms with van der Waals surface area (Å²) in [6, 6.07) is 10.8. The molecule has 0 bridgehead atoms. The smallest absolute Gasteiger partial charge is 0.323 e. The monoisotopic (exact) mass is 366 g/mol. The second kappa shape index (κ2) is 6.39. The van der Waals surface area contributed by atoms with Crippen molar-refractivity contribution < 1.29 is 19.2 Å². The number of amides is 2. The van der Waals surface area contributed by atoms with Gasteiger partial charge in [0.05, 0.1) is 10.9 Å². The fourth-order valence-corrected chi connectivity index (χ4v) is 3.20.